The Morgan fingerprint density at radius 2 is 1.71 bits per heavy atom. The number of rotatable bonds is 5. The second-order valence-electron chi connectivity index (χ2n) is 6.91. The molecule has 2 heterocycles. The Kier molecular flexibility index (Phi) is 4.69. The Labute approximate surface area is 162 Å². The number of aryl methyl sites for hydroxylation is 1. The van der Waals surface area contributed by atoms with Crippen molar-refractivity contribution >= 4 is 40.0 Å². The maximum absolute atomic E-state index is 12.6. The average Bonchev–Trinajstić information content (AvgIpc) is 3.25. The number of hydrogen-bond acceptors (Lipinski definition) is 3. The lowest BCUT2D eigenvalue weighted by molar-refractivity contribution is -0.121. The van der Waals surface area contributed by atoms with Crippen LogP contribution >= 0.6 is 0 Å². The molecular weight excluding hydrogens is 354 g/mol. The summed E-state index contributed by atoms with van der Waals surface area (Å²) in [5.41, 5.74) is 2.83. The molecule has 142 valence electrons. The Morgan fingerprint density at radius 1 is 1.00 bits per heavy atom. The number of amides is 3. The molecule has 0 unspecified atom stereocenters. The summed E-state index contributed by atoms with van der Waals surface area (Å²) in [6, 6.07) is 14.4. The lowest BCUT2D eigenvalue weighted by Gasteiger charge is -2.14. The van der Waals surface area contributed by atoms with Crippen molar-refractivity contribution in [2.24, 2.45) is 0 Å². The molecule has 6 nitrogen and oxygen atoms in total. The van der Waals surface area contributed by atoms with E-state index in [0.29, 0.717) is 11.3 Å². The maximum Gasteiger partial charge on any atom is 0.255 e. The molecular formula is C22H21N3O3. The van der Waals surface area contributed by atoms with Crippen molar-refractivity contribution < 1.29 is 14.4 Å². The fourth-order valence-electron chi connectivity index (χ4n) is 3.54. The van der Waals surface area contributed by atoms with Crippen LogP contribution in [-0.4, -0.2) is 22.3 Å². The third kappa shape index (κ3) is 3.29. The van der Waals surface area contributed by atoms with Gasteiger partial charge >= 0.3 is 0 Å². The fraction of sp³-hybridized carbons (Fsp3) is 0.227. The maximum atomic E-state index is 12.6. The highest BCUT2D eigenvalue weighted by Crippen LogP contribution is 2.24. The van der Waals surface area contributed by atoms with E-state index in [1.807, 2.05) is 24.3 Å². The summed E-state index contributed by atoms with van der Waals surface area (Å²) in [5.74, 6) is -0.644. The van der Waals surface area contributed by atoms with E-state index in [2.05, 4.69) is 23.0 Å². The van der Waals surface area contributed by atoms with E-state index in [1.54, 1.807) is 24.3 Å². The highest BCUT2D eigenvalue weighted by molar-refractivity contribution is 6.20. The number of nitrogens with one attached hydrogen (secondary N) is 1. The van der Waals surface area contributed by atoms with Crippen LogP contribution in [0, 0.1) is 0 Å². The molecule has 28 heavy (non-hydrogen) atoms. The van der Waals surface area contributed by atoms with E-state index in [9.17, 15) is 14.4 Å². The molecule has 2 aromatic carbocycles. The van der Waals surface area contributed by atoms with Crippen LogP contribution < -0.4 is 10.2 Å². The van der Waals surface area contributed by atoms with Gasteiger partial charge in [-0.1, -0.05) is 6.92 Å². The van der Waals surface area contributed by atoms with Gasteiger partial charge in [-0.15, -0.1) is 0 Å². The summed E-state index contributed by atoms with van der Waals surface area (Å²) < 4.78 is 2.20. The van der Waals surface area contributed by atoms with Gasteiger partial charge in [0.25, 0.3) is 5.91 Å². The van der Waals surface area contributed by atoms with E-state index < -0.39 is 0 Å². The van der Waals surface area contributed by atoms with Crippen LogP contribution in [0.25, 0.3) is 10.9 Å². The summed E-state index contributed by atoms with van der Waals surface area (Å²) in [6.45, 7) is 3.10. The highest BCUT2D eigenvalue weighted by Gasteiger charge is 2.30. The summed E-state index contributed by atoms with van der Waals surface area (Å²) in [5, 5.41) is 3.98. The predicted octanol–water partition coefficient (Wildman–Crippen LogP) is 3.96. The normalized spacial score (nSPS) is 14.1. The van der Waals surface area contributed by atoms with E-state index in [-0.39, 0.29) is 30.6 Å². The van der Waals surface area contributed by atoms with Crippen molar-refractivity contribution in [1.82, 2.24) is 4.57 Å². The molecule has 0 spiro atoms. The molecule has 0 radical (unpaired) electrons. The van der Waals surface area contributed by atoms with E-state index >= 15 is 0 Å². The number of imide groups is 1. The second-order valence-corrected chi connectivity index (χ2v) is 6.91. The van der Waals surface area contributed by atoms with Gasteiger partial charge in [0.05, 0.1) is 5.69 Å². The molecule has 1 fully saturated rings. The molecule has 1 aliphatic rings. The van der Waals surface area contributed by atoms with Crippen molar-refractivity contribution in [3.63, 3.8) is 0 Å². The number of aromatic nitrogens is 1. The van der Waals surface area contributed by atoms with Crippen LogP contribution in [0.15, 0.2) is 54.7 Å². The van der Waals surface area contributed by atoms with Gasteiger partial charge in [0.2, 0.25) is 11.8 Å². The first-order valence-electron chi connectivity index (χ1n) is 9.43. The highest BCUT2D eigenvalue weighted by atomic mass is 16.2. The fourth-order valence-corrected chi connectivity index (χ4v) is 3.54. The minimum absolute atomic E-state index is 0.203. The Morgan fingerprint density at radius 3 is 2.39 bits per heavy atom. The third-order valence-electron chi connectivity index (χ3n) is 4.93. The molecule has 1 aliphatic heterocycles. The van der Waals surface area contributed by atoms with E-state index in [1.165, 1.54) is 4.90 Å². The van der Waals surface area contributed by atoms with Gasteiger partial charge in [-0.05, 0) is 55.0 Å². The zero-order valence-corrected chi connectivity index (χ0v) is 15.6. The van der Waals surface area contributed by atoms with Crippen molar-refractivity contribution in [3.8, 4) is 0 Å². The molecule has 0 atom stereocenters. The predicted molar refractivity (Wildman–Crippen MR) is 108 cm³/mol. The van der Waals surface area contributed by atoms with Crippen molar-refractivity contribution in [3.05, 3.63) is 60.3 Å². The first kappa shape index (κ1) is 18.0. The van der Waals surface area contributed by atoms with Crippen LogP contribution in [-0.2, 0) is 16.1 Å². The van der Waals surface area contributed by atoms with E-state index in [4.69, 9.17) is 0 Å². The average molecular weight is 375 g/mol. The molecule has 1 N–H and O–H groups in total. The number of carbonyl (C=O) groups excluding carboxylic acids is 3. The quantitative estimate of drug-likeness (QED) is 0.686. The van der Waals surface area contributed by atoms with Crippen molar-refractivity contribution in [1.29, 1.82) is 0 Å². The van der Waals surface area contributed by atoms with Crippen molar-refractivity contribution in [2.75, 3.05) is 10.2 Å². The molecule has 0 bridgehead atoms. The number of hydrogen-bond donors (Lipinski definition) is 1. The van der Waals surface area contributed by atoms with Gasteiger partial charge in [-0.3, -0.25) is 19.3 Å². The molecule has 3 aromatic rings. The SMILES string of the molecule is CCCn1ccc2cc(NC(=O)c3ccc(N4C(=O)CCC4=O)cc3)ccc21. The van der Waals surface area contributed by atoms with Crippen LogP contribution in [0.3, 0.4) is 0 Å². The van der Waals surface area contributed by atoms with Gasteiger partial charge in [0.1, 0.15) is 0 Å². The van der Waals surface area contributed by atoms with Crippen LogP contribution in [0.1, 0.15) is 36.5 Å². The number of carbonyl (C=O) groups is 3. The lowest BCUT2D eigenvalue weighted by atomic mass is 10.1. The smallest absolute Gasteiger partial charge is 0.255 e. The first-order chi connectivity index (χ1) is 13.6. The Balaban J connectivity index is 1.50. The summed E-state index contributed by atoms with van der Waals surface area (Å²) in [7, 11) is 0. The molecule has 0 saturated carbocycles. The number of benzene rings is 2. The zero-order chi connectivity index (χ0) is 19.7. The summed E-state index contributed by atoms with van der Waals surface area (Å²) >= 11 is 0. The van der Waals surface area contributed by atoms with E-state index in [0.717, 1.165) is 29.6 Å². The van der Waals surface area contributed by atoms with Crippen LogP contribution in [0.4, 0.5) is 11.4 Å². The van der Waals surface area contributed by atoms with Gasteiger partial charge < -0.3 is 9.88 Å². The van der Waals surface area contributed by atoms with Crippen LogP contribution in [0.5, 0.6) is 0 Å². The number of fused-ring (bicyclic) bond motifs is 1. The summed E-state index contributed by atoms with van der Waals surface area (Å²) in [4.78, 5) is 37.4. The number of nitrogens with zero attached hydrogens (tertiary/aromatic N) is 2. The number of anilines is 2. The molecule has 6 heteroatoms. The second kappa shape index (κ2) is 7.31. The minimum atomic E-state index is -0.238. The minimum Gasteiger partial charge on any atom is -0.347 e. The lowest BCUT2D eigenvalue weighted by Crippen LogP contribution is -2.28. The topological polar surface area (TPSA) is 71.4 Å². The first-order valence-corrected chi connectivity index (χ1v) is 9.43. The van der Waals surface area contributed by atoms with Gasteiger partial charge in [0, 0.05) is 47.7 Å². The van der Waals surface area contributed by atoms with Crippen LogP contribution in [0.2, 0.25) is 0 Å². The monoisotopic (exact) mass is 375 g/mol. The molecule has 4 rings (SSSR count). The molecule has 3 amide bonds. The van der Waals surface area contributed by atoms with Gasteiger partial charge in [0.15, 0.2) is 0 Å². The largest absolute Gasteiger partial charge is 0.347 e. The molecule has 1 saturated heterocycles. The van der Waals surface area contributed by atoms with Gasteiger partial charge in [-0.2, -0.15) is 0 Å². The van der Waals surface area contributed by atoms with Gasteiger partial charge in [-0.25, -0.2) is 0 Å². The standard InChI is InChI=1S/C22H21N3O3/c1-2-12-24-13-11-16-14-17(5-8-19(16)24)23-22(28)15-3-6-18(7-4-15)25-20(26)9-10-21(25)27/h3-8,11,13-14H,2,9-10,12H2,1H3,(H,23,28). The summed E-state index contributed by atoms with van der Waals surface area (Å²) in [6.07, 6.45) is 3.60. The Hall–Kier alpha value is -3.41. The zero-order valence-electron chi connectivity index (χ0n) is 15.6. The Bertz CT molecular complexity index is 1050. The third-order valence-corrected chi connectivity index (χ3v) is 4.93. The van der Waals surface area contributed by atoms with Crippen molar-refractivity contribution in [2.45, 2.75) is 32.7 Å². The molecule has 0 aliphatic carbocycles. The molecule has 1 aromatic heterocycles.